The molecule has 2 N–H and O–H groups in total. The molecule has 0 saturated heterocycles. The molecule has 0 radical (unpaired) electrons. The predicted molar refractivity (Wildman–Crippen MR) is 65.9 cm³/mol. The van der Waals surface area contributed by atoms with E-state index in [2.05, 4.69) is 4.98 Å². The van der Waals surface area contributed by atoms with Crippen LogP contribution in [0.3, 0.4) is 0 Å². The quantitative estimate of drug-likeness (QED) is 0.851. The molecule has 2 aromatic heterocycles. The number of aromatic nitrogens is 2. The van der Waals surface area contributed by atoms with Gasteiger partial charge in [-0.15, -0.1) is 11.3 Å². The highest BCUT2D eigenvalue weighted by Gasteiger charge is 2.06. The molecule has 84 valence electrons. The Balaban J connectivity index is 2.17. The molecule has 6 heteroatoms. The molecular weight excluding hydrogens is 246 g/mol. The average Bonchev–Trinajstić information content (AvgIpc) is 2.78. The van der Waals surface area contributed by atoms with Crippen LogP contribution in [0.4, 0.5) is 5.69 Å². The molecule has 0 aromatic carbocycles. The highest BCUT2D eigenvalue weighted by Crippen LogP contribution is 2.11. The molecule has 0 bridgehead atoms. The second kappa shape index (κ2) is 4.67. The summed E-state index contributed by atoms with van der Waals surface area (Å²) in [6, 6.07) is 4.01. The number of rotatable bonds is 3. The zero-order chi connectivity index (χ0) is 11.5. The molecule has 2 heterocycles. The van der Waals surface area contributed by atoms with E-state index >= 15 is 0 Å². The Bertz CT molecular complexity index is 535. The van der Waals surface area contributed by atoms with Crippen LogP contribution < -0.4 is 11.3 Å². The molecule has 0 aliphatic rings. The summed E-state index contributed by atoms with van der Waals surface area (Å²) in [5, 5.41) is 2.07. The van der Waals surface area contributed by atoms with Gasteiger partial charge in [0.15, 0.2) is 5.15 Å². The number of thiophene rings is 1. The number of nitrogen functional groups attached to an aromatic ring is 1. The van der Waals surface area contributed by atoms with Crippen molar-refractivity contribution in [1.29, 1.82) is 0 Å². The maximum Gasteiger partial charge on any atom is 0.278 e. The first-order valence-corrected chi connectivity index (χ1v) is 5.97. The van der Waals surface area contributed by atoms with Crippen molar-refractivity contribution in [2.45, 2.75) is 13.0 Å². The molecule has 2 rings (SSSR count). The third kappa shape index (κ3) is 2.25. The lowest BCUT2D eigenvalue weighted by Crippen LogP contribution is -2.24. The molecule has 0 aliphatic heterocycles. The van der Waals surface area contributed by atoms with Crippen molar-refractivity contribution < 1.29 is 0 Å². The topological polar surface area (TPSA) is 60.9 Å². The number of anilines is 1. The van der Waals surface area contributed by atoms with Gasteiger partial charge in [-0.05, 0) is 17.9 Å². The normalized spacial score (nSPS) is 10.6. The Labute approximate surface area is 101 Å². The van der Waals surface area contributed by atoms with Gasteiger partial charge in [-0.25, -0.2) is 4.98 Å². The maximum atomic E-state index is 11.7. The van der Waals surface area contributed by atoms with Gasteiger partial charge in [0.05, 0.1) is 6.33 Å². The number of aryl methyl sites for hydroxylation is 2. The van der Waals surface area contributed by atoms with E-state index in [1.54, 1.807) is 11.3 Å². The summed E-state index contributed by atoms with van der Waals surface area (Å²) in [5.41, 5.74) is 5.24. The van der Waals surface area contributed by atoms with Crippen molar-refractivity contribution in [3.8, 4) is 0 Å². The first-order chi connectivity index (χ1) is 7.68. The lowest BCUT2D eigenvalue weighted by Gasteiger charge is -2.05. The van der Waals surface area contributed by atoms with Crippen LogP contribution in [0.1, 0.15) is 4.88 Å². The highest BCUT2D eigenvalue weighted by molar-refractivity contribution is 7.09. The maximum absolute atomic E-state index is 11.7. The van der Waals surface area contributed by atoms with Crippen LogP contribution in [-0.4, -0.2) is 9.55 Å². The summed E-state index contributed by atoms with van der Waals surface area (Å²) in [5.74, 6) is 0. The van der Waals surface area contributed by atoms with Crippen molar-refractivity contribution in [2.24, 2.45) is 0 Å². The van der Waals surface area contributed by atoms with Crippen LogP contribution in [0, 0.1) is 0 Å². The Hall–Kier alpha value is -1.33. The highest BCUT2D eigenvalue weighted by atomic mass is 35.5. The van der Waals surface area contributed by atoms with Crippen molar-refractivity contribution in [3.63, 3.8) is 0 Å². The van der Waals surface area contributed by atoms with Crippen LogP contribution >= 0.6 is 22.9 Å². The summed E-state index contributed by atoms with van der Waals surface area (Å²) >= 11 is 7.30. The smallest absolute Gasteiger partial charge is 0.278 e. The molecule has 4 nitrogen and oxygen atoms in total. The van der Waals surface area contributed by atoms with Crippen LogP contribution in [0.25, 0.3) is 0 Å². The van der Waals surface area contributed by atoms with E-state index in [4.69, 9.17) is 17.3 Å². The number of halogens is 1. The zero-order valence-electron chi connectivity index (χ0n) is 8.39. The number of nitrogens with two attached hydrogens (primary N) is 1. The van der Waals surface area contributed by atoms with E-state index in [-0.39, 0.29) is 16.4 Å². The molecule has 2 aromatic rings. The monoisotopic (exact) mass is 255 g/mol. The Morgan fingerprint density at radius 1 is 1.56 bits per heavy atom. The molecule has 0 aliphatic carbocycles. The van der Waals surface area contributed by atoms with Gasteiger partial charge in [-0.3, -0.25) is 9.36 Å². The van der Waals surface area contributed by atoms with Gasteiger partial charge in [-0.2, -0.15) is 0 Å². The third-order valence-corrected chi connectivity index (χ3v) is 3.44. The van der Waals surface area contributed by atoms with Gasteiger partial charge in [0.25, 0.3) is 5.56 Å². The number of hydrogen-bond donors (Lipinski definition) is 1. The summed E-state index contributed by atoms with van der Waals surface area (Å²) in [7, 11) is 0. The zero-order valence-corrected chi connectivity index (χ0v) is 9.96. The average molecular weight is 256 g/mol. The second-order valence-electron chi connectivity index (χ2n) is 3.28. The first-order valence-electron chi connectivity index (χ1n) is 4.71. The first kappa shape index (κ1) is 11.2. The van der Waals surface area contributed by atoms with Crippen LogP contribution in [-0.2, 0) is 13.0 Å². The standard InChI is InChI=1S/C10H10ClN3OS/c11-9-8(12)10(15)14(6-13-9)4-3-7-2-1-5-16-7/h1-2,5-6H,3-4,12H2. The molecule has 0 unspecified atom stereocenters. The largest absolute Gasteiger partial charge is 0.392 e. The SMILES string of the molecule is Nc1c(Cl)ncn(CCc2cccs2)c1=O. The number of nitrogens with zero attached hydrogens (tertiary/aromatic N) is 2. The Morgan fingerprint density at radius 2 is 2.38 bits per heavy atom. The molecule has 0 spiro atoms. The van der Waals surface area contributed by atoms with Crippen LogP contribution in [0.15, 0.2) is 28.6 Å². The summed E-state index contributed by atoms with van der Waals surface area (Å²) in [6.07, 6.45) is 2.22. The molecule has 0 saturated carbocycles. The second-order valence-corrected chi connectivity index (χ2v) is 4.67. The number of hydrogen-bond acceptors (Lipinski definition) is 4. The Morgan fingerprint density at radius 3 is 3.06 bits per heavy atom. The van der Waals surface area contributed by atoms with Gasteiger partial charge < -0.3 is 5.73 Å². The van der Waals surface area contributed by atoms with Gasteiger partial charge in [-0.1, -0.05) is 17.7 Å². The van der Waals surface area contributed by atoms with E-state index in [0.717, 1.165) is 6.42 Å². The fourth-order valence-electron chi connectivity index (χ4n) is 1.33. The van der Waals surface area contributed by atoms with Crippen LogP contribution in [0.5, 0.6) is 0 Å². The molecule has 16 heavy (non-hydrogen) atoms. The van der Waals surface area contributed by atoms with E-state index in [0.29, 0.717) is 6.54 Å². The lowest BCUT2D eigenvalue weighted by molar-refractivity contribution is 0.661. The summed E-state index contributed by atoms with van der Waals surface area (Å²) < 4.78 is 1.47. The van der Waals surface area contributed by atoms with Crippen molar-refractivity contribution in [2.75, 3.05) is 5.73 Å². The fourth-order valence-corrected chi connectivity index (χ4v) is 2.15. The Kier molecular flexibility index (Phi) is 3.26. The molecule has 0 atom stereocenters. The van der Waals surface area contributed by atoms with Gasteiger partial charge in [0, 0.05) is 11.4 Å². The summed E-state index contributed by atoms with van der Waals surface area (Å²) in [6.45, 7) is 0.563. The van der Waals surface area contributed by atoms with Gasteiger partial charge >= 0.3 is 0 Å². The lowest BCUT2D eigenvalue weighted by atomic mass is 10.3. The summed E-state index contributed by atoms with van der Waals surface area (Å²) in [4.78, 5) is 16.7. The third-order valence-electron chi connectivity index (χ3n) is 2.20. The predicted octanol–water partition coefficient (Wildman–Crippen LogP) is 1.78. The van der Waals surface area contributed by atoms with Gasteiger partial charge in [0.1, 0.15) is 5.69 Å². The van der Waals surface area contributed by atoms with E-state index in [1.807, 2.05) is 17.5 Å². The van der Waals surface area contributed by atoms with Gasteiger partial charge in [0.2, 0.25) is 0 Å². The van der Waals surface area contributed by atoms with Crippen LogP contribution in [0.2, 0.25) is 5.15 Å². The minimum atomic E-state index is -0.281. The molecular formula is C10H10ClN3OS. The minimum Gasteiger partial charge on any atom is -0.392 e. The van der Waals surface area contributed by atoms with Crippen molar-refractivity contribution in [3.05, 3.63) is 44.2 Å². The van der Waals surface area contributed by atoms with E-state index in [1.165, 1.54) is 15.8 Å². The van der Waals surface area contributed by atoms with E-state index in [9.17, 15) is 4.79 Å². The fraction of sp³-hybridized carbons (Fsp3) is 0.200. The van der Waals surface area contributed by atoms with E-state index < -0.39 is 0 Å². The molecule has 0 amide bonds. The molecule has 0 fully saturated rings. The minimum absolute atomic E-state index is 0.00958. The van der Waals surface area contributed by atoms with Crippen molar-refractivity contribution >= 4 is 28.6 Å². The van der Waals surface area contributed by atoms with Crippen molar-refractivity contribution in [1.82, 2.24) is 9.55 Å².